The van der Waals surface area contributed by atoms with Crippen LogP contribution in [0.3, 0.4) is 0 Å². The summed E-state index contributed by atoms with van der Waals surface area (Å²) in [7, 11) is 4.89. The molecule has 3 heterocycles. The lowest BCUT2D eigenvalue weighted by atomic mass is 10.1. The van der Waals surface area contributed by atoms with Gasteiger partial charge in [0, 0.05) is 36.8 Å². The fourth-order valence-electron chi connectivity index (χ4n) is 3.94. The number of aryl methyl sites for hydroxylation is 2. The summed E-state index contributed by atoms with van der Waals surface area (Å²) in [6.45, 7) is 1.81. The zero-order valence-corrected chi connectivity index (χ0v) is 21.4. The summed E-state index contributed by atoms with van der Waals surface area (Å²) in [4.78, 5) is 21.9. The Morgan fingerprint density at radius 1 is 0.895 bits per heavy atom. The minimum Gasteiger partial charge on any atom is -0.497 e. The number of hydrogen-bond donors (Lipinski definition) is 1. The lowest BCUT2D eigenvalue weighted by Gasteiger charge is -2.10. The number of hydrogen-bond acceptors (Lipinski definition) is 7. The van der Waals surface area contributed by atoms with Crippen molar-refractivity contribution in [2.24, 2.45) is 7.05 Å². The summed E-state index contributed by atoms with van der Waals surface area (Å²) in [5.41, 5.74) is 2.31. The predicted molar refractivity (Wildman–Crippen MR) is 142 cm³/mol. The van der Waals surface area contributed by atoms with E-state index in [9.17, 15) is 4.79 Å². The number of methoxy groups -OCH3 is 2. The van der Waals surface area contributed by atoms with E-state index in [-0.39, 0.29) is 5.91 Å². The number of nitrogens with one attached hydrogen (secondary N) is 1. The van der Waals surface area contributed by atoms with E-state index in [0.29, 0.717) is 51.8 Å². The first kappa shape index (κ1) is 24.6. The van der Waals surface area contributed by atoms with Crippen molar-refractivity contribution in [1.29, 1.82) is 0 Å². The van der Waals surface area contributed by atoms with Crippen LogP contribution < -0.4 is 19.5 Å². The zero-order chi connectivity index (χ0) is 26.6. The molecule has 192 valence electrons. The highest BCUT2D eigenvalue weighted by Crippen LogP contribution is 2.33. The molecule has 10 nitrogen and oxygen atoms in total. The average Bonchev–Trinajstić information content (AvgIpc) is 3.59. The van der Waals surface area contributed by atoms with Gasteiger partial charge in [-0.25, -0.2) is 4.98 Å². The van der Waals surface area contributed by atoms with Crippen molar-refractivity contribution in [3.05, 3.63) is 90.6 Å². The van der Waals surface area contributed by atoms with E-state index in [1.807, 2.05) is 42.1 Å². The van der Waals surface area contributed by atoms with Gasteiger partial charge in [0.25, 0.3) is 5.91 Å². The van der Waals surface area contributed by atoms with Gasteiger partial charge < -0.3 is 24.1 Å². The largest absolute Gasteiger partial charge is 0.497 e. The third-order valence-corrected chi connectivity index (χ3v) is 5.80. The molecule has 5 aromatic rings. The number of aromatic nitrogens is 5. The molecule has 0 aliphatic heterocycles. The Kier molecular flexibility index (Phi) is 6.77. The van der Waals surface area contributed by atoms with Crippen LogP contribution in [0, 0.1) is 6.92 Å². The topological polar surface area (TPSA) is 105 Å². The Labute approximate surface area is 219 Å². The molecule has 38 heavy (non-hydrogen) atoms. The van der Waals surface area contributed by atoms with E-state index in [1.54, 1.807) is 69.8 Å². The molecule has 1 amide bonds. The molecule has 1 N–H and O–H groups in total. The van der Waals surface area contributed by atoms with Gasteiger partial charge in [-0.1, -0.05) is 0 Å². The van der Waals surface area contributed by atoms with Gasteiger partial charge in [0.2, 0.25) is 5.88 Å². The van der Waals surface area contributed by atoms with Gasteiger partial charge in [0.05, 0.1) is 19.9 Å². The molecule has 10 heteroatoms. The summed E-state index contributed by atoms with van der Waals surface area (Å²) < 4.78 is 20.1. The van der Waals surface area contributed by atoms with Crippen molar-refractivity contribution in [1.82, 2.24) is 24.3 Å². The summed E-state index contributed by atoms with van der Waals surface area (Å²) >= 11 is 0. The summed E-state index contributed by atoms with van der Waals surface area (Å²) in [5.74, 6) is 3.30. The number of benzene rings is 2. The van der Waals surface area contributed by atoms with Gasteiger partial charge in [-0.2, -0.15) is 10.1 Å². The number of nitrogens with zero attached hydrogens (tertiary/aromatic N) is 5. The minimum atomic E-state index is -0.301. The van der Waals surface area contributed by atoms with Crippen molar-refractivity contribution in [2.75, 3.05) is 19.5 Å². The second-order valence-electron chi connectivity index (χ2n) is 8.39. The van der Waals surface area contributed by atoms with Crippen LogP contribution in [0.2, 0.25) is 0 Å². The Morgan fingerprint density at radius 2 is 1.63 bits per heavy atom. The molecule has 0 bridgehead atoms. The molecule has 0 radical (unpaired) electrons. The maximum atomic E-state index is 13.0. The summed E-state index contributed by atoms with van der Waals surface area (Å²) in [6, 6.07) is 19.8. The van der Waals surface area contributed by atoms with Crippen LogP contribution in [0.1, 0.15) is 16.3 Å². The Hall–Kier alpha value is -5.12. The number of carbonyl (C=O) groups is 1. The highest BCUT2D eigenvalue weighted by molar-refractivity contribution is 6.03. The maximum Gasteiger partial charge on any atom is 0.273 e. The average molecular weight is 511 g/mol. The molecular weight excluding hydrogens is 484 g/mol. The Balaban J connectivity index is 1.30. The minimum absolute atomic E-state index is 0.301. The molecule has 0 saturated heterocycles. The molecule has 0 aliphatic rings. The van der Waals surface area contributed by atoms with Crippen LogP contribution >= 0.6 is 0 Å². The number of amides is 1. The molecular formula is C28H26N6O4. The smallest absolute Gasteiger partial charge is 0.273 e. The summed E-state index contributed by atoms with van der Waals surface area (Å²) in [6.07, 6.45) is 3.81. The van der Waals surface area contributed by atoms with Crippen molar-refractivity contribution in [3.63, 3.8) is 0 Å². The number of anilines is 1. The van der Waals surface area contributed by atoms with E-state index in [0.717, 1.165) is 5.56 Å². The fraction of sp³-hybridized carbons (Fsp3) is 0.143. The van der Waals surface area contributed by atoms with Crippen molar-refractivity contribution < 1.29 is 19.0 Å². The first-order valence-corrected chi connectivity index (χ1v) is 11.8. The van der Waals surface area contributed by atoms with Crippen LogP contribution in [-0.4, -0.2) is 44.4 Å². The van der Waals surface area contributed by atoms with Crippen molar-refractivity contribution in [2.45, 2.75) is 6.92 Å². The predicted octanol–water partition coefficient (Wildman–Crippen LogP) is 5.04. The van der Waals surface area contributed by atoms with E-state index < -0.39 is 0 Å². The van der Waals surface area contributed by atoms with Gasteiger partial charge in [0.1, 0.15) is 34.6 Å². The normalized spacial score (nSPS) is 10.7. The highest BCUT2D eigenvalue weighted by Gasteiger charge is 2.18. The molecule has 0 unspecified atom stereocenters. The molecule has 3 aromatic heterocycles. The van der Waals surface area contributed by atoms with Gasteiger partial charge in [-0.15, -0.1) is 0 Å². The lowest BCUT2D eigenvalue weighted by molar-refractivity contribution is 0.101. The van der Waals surface area contributed by atoms with Gasteiger partial charge in [-0.05, 0) is 67.6 Å². The van der Waals surface area contributed by atoms with E-state index in [2.05, 4.69) is 20.4 Å². The van der Waals surface area contributed by atoms with Crippen LogP contribution in [0.15, 0.2) is 79.1 Å². The van der Waals surface area contributed by atoms with Crippen molar-refractivity contribution >= 4 is 11.6 Å². The second kappa shape index (κ2) is 10.5. The van der Waals surface area contributed by atoms with Crippen LogP contribution in [0.25, 0.3) is 17.1 Å². The molecule has 0 fully saturated rings. The van der Waals surface area contributed by atoms with E-state index in [1.165, 1.54) is 4.68 Å². The highest BCUT2D eigenvalue weighted by atomic mass is 16.5. The second-order valence-corrected chi connectivity index (χ2v) is 8.39. The Morgan fingerprint density at radius 3 is 2.34 bits per heavy atom. The van der Waals surface area contributed by atoms with Gasteiger partial charge in [-0.3, -0.25) is 9.48 Å². The number of rotatable bonds is 8. The first-order valence-electron chi connectivity index (χ1n) is 11.8. The number of ether oxygens (including phenoxy) is 3. The summed E-state index contributed by atoms with van der Waals surface area (Å²) in [5, 5.41) is 7.41. The first-order chi connectivity index (χ1) is 18.4. The van der Waals surface area contributed by atoms with Gasteiger partial charge >= 0.3 is 0 Å². The zero-order valence-electron chi connectivity index (χ0n) is 21.4. The molecule has 5 rings (SSSR count). The van der Waals surface area contributed by atoms with Crippen LogP contribution in [0.5, 0.6) is 23.1 Å². The fourth-order valence-corrected chi connectivity index (χ4v) is 3.94. The van der Waals surface area contributed by atoms with E-state index >= 15 is 0 Å². The van der Waals surface area contributed by atoms with Gasteiger partial charge in [0.15, 0.2) is 0 Å². The van der Waals surface area contributed by atoms with E-state index in [4.69, 9.17) is 14.2 Å². The molecule has 0 spiro atoms. The quantitative estimate of drug-likeness (QED) is 0.312. The van der Waals surface area contributed by atoms with Crippen LogP contribution in [0.4, 0.5) is 5.69 Å². The standard InChI is InChI=1S/C28H26N6O4/c1-18-29-26(34-13-5-6-14-34)17-27(30-18)38-20-9-7-19(8-10-20)31-28(35)24-16-23(32-33(24)2)22-15-21(36-3)11-12-25(22)37-4/h5-17H,1-4H3,(H,31,35). The SMILES string of the molecule is COc1ccc(OC)c(-c2cc(C(=O)Nc3ccc(Oc4cc(-n5cccc5)nc(C)n4)cc3)n(C)n2)c1. The molecule has 0 aliphatic carbocycles. The third-order valence-electron chi connectivity index (χ3n) is 5.80. The molecule has 0 saturated carbocycles. The molecule has 0 atom stereocenters. The monoisotopic (exact) mass is 510 g/mol. The maximum absolute atomic E-state index is 13.0. The number of carbonyl (C=O) groups excluding carboxylic acids is 1. The lowest BCUT2D eigenvalue weighted by Crippen LogP contribution is -2.15. The van der Waals surface area contributed by atoms with Crippen LogP contribution in [-0.2, 0) is 7.05 Å². The molecule has 2 aromatic carbocycles. The Bertz CT molecular complexity index is 1580. The third kappa shape index (κ3) is 5.19. The van der Waals surface area contributed by atoms with Crippen molar-refractivity contribution in [3.8, 4) is 40.2 Å².